The van der Waals surface area contributed by atoms with Gasteiger partial charge in [0.1, 0.15) is 11.3 Å². The van der Waals surface area contributed by atoms with Crippen molar-refractivity contribution in [2.24, 2.45) is 5.73 Å². The first-order valence-electron chi connectivity index (χ1n) is 5.68. The lowest BCUT2D eigenvalue weighted by molar-refractivity contribution is 0.508. The summed E-state index contributed by atoms with van der Waals surface area (Å²) in [5.41, 5.74) is 7.31. The average Bonchev–Trinajstić information content (AvgIpc) is 2.80. The van der Waals surface area contributed by atoms with Crippen LogP contribution in [0.25, 0.3) is 16.9 Å². The zero-order valence-corrected chi connectivity index (χ0v) is 9.85. The van der Waals surface area contributed by atoms with E-state index in [9.17, 15) is 8.78 Å². The SMILES string of the molecule is NCc1nc2cccnc2n1-c1ccc(F)c(F)c1. The zero-order chi connectivity index (χ0) is 13.4. The van der Waals surface area contributed by atoms with Gasteiger partial charge in [0.2, 0.25) is 0 Å². The number of halogens is 2. The smallest absolute Gasteiger partial charge is 0.164 e. The number of aromatic nitrogens is 3. The lowest BCUT2D eigenvalue weighted by Gasteiger charge is -2.07. The first kappa shape index (κ1) is 11.7. The number of hydrogen-bond acceptors (Lipinski definition) is 3. The molecular weight excluding hydrogens is 250 g/mol. The molecule has 3 rings (SSSR count). The third-order valence-electron chi connectivity index (χ3n) is 2.83. The van der Waals surface area contributed by atoms with Gasteiger partial charge in [0.15, 0.2) is 17.3 Å². The van der Waals surface area contributed by atoms with Gasteiger partial charge < -0.3 is 5.73 Å². The van der Waals surface area contributed by atoms with Crippen LogP contribution in [0.2, 0.25) is 0 Å². The Labute approximate surface area is 107 Å². The number of benzene rings is 1. The largest absolute Gasteiger partial charge is 0.324 e. The van der Waals surface area contributed by atoms with Crippen LogP contribution in [0.5, 0.6) is 0 Å². The zero-order valence-electron chi connectivity index (χ0n) is 9.85. The van der Waals surface area contributed by atoms with E-state index in [2.05, 4.69) is 9.97 Å². The molecule has 2 aromatic heterocycles. The van der Waals surface area contributed by atoms with Crippen LogP contribution >= 0.6 is 0 Å². The Balaban J connectivity index is 2.31. The Morgan fingerprint density at radius 3 is 2.74 bits per heavy atom. The van der Waals surface area contributed by atoms with Crippen LogP contribution < -0.4 is 5.73 Å². The Kier molecular flexibility index (Phi) is 2.72. The number of pyridine rings is 1. The minimum atomic E-state index is -0.918. The summed E-state index contributed by atoms with van der Waals surface area (Å²) in [5.74, 6) is -1.27. The molecule has 0 atom stereocenters. The summed E-state index contributed by atoms with van der Waals surface area (Å²) in [5, 5.41) is 0. The van der Waals surface area contributed by atoms with Gasteiger partial charge >= 0.3 is 0 Å². The molecule has 3 aromatic rings. The van der Waals surface area contributed by atoms with Crippen molar-refractivity contribution in [3.63, 3.8) is 0 Å². The van der Waals surface area contributed by atoms with Crippen molar-refractivity contribution in [1.82, 2.24) is 14.5 Å². The summed E-state index contributed by atoms with van der Waals surface area (Å²) >= 11 is 0. The monoisotopic (exact) mass is 260 g/mol. The van der Waals surface area contributed by atoms with Crippen LogP contribution in [-0.4, -0.2) is 14.5 Å². The molecule has 0 aliphatic rings. The van der Waals surface area contributed by atoms with Crippen LogP contribution in [0, 0.1) is 11.6 Å². The summed E-state index contributed by atoms with van der Waals surface area (Å²) in [4.78, 5) is 8.53. The molecule has 2 N–H and O–H groups in total. The summed E-state index contributed by atoms with van der Waals surface area (Å²) < 4.78 is 28.0. The van der Waals surface area contributed by atoms with E-state index in [1.807, 2.05) is 0 Å². The number of imidazole rings is 1. The van der Waals surface area contributed by atoms with Crippen molar-refractivity contribution in [1.29, 1.82) is 0 Å². The maximum Gasteiger partial charge on any atom is 0.164 e. The highest BCUT2D eigenvalue weighted by molar-refractivity contribution is 5.73. The molecule has 0 radical (unpaired) electrons. The van der Waals surface area contributed by atoms with E-state index in [4.69, 9.17) is 5.73 Å². The van der Waals surface area contributed by atoms with Crippen molar-refractivity contribution in [2.45, 2.75) is 6.54 Å². The average molecular weight is 260 g/mol. The van der Waals surface area contributed by atoms with E-state index in [0.29, 0.717) is 22.7 Å². The molecule has 0 saturated carbocycles. The fourth-order valence-electron chi connectivity index (χ4n) is 1.99. The van der Waals surface area contributed by atoms with Gasteiger partial charge in [0.25, 0.3) is 0 Å². The molecule has 0 aliphatic carbocycles. The number of rotatable bonds is 2. The standard InChI is InChI=1S/C13H10F2N4/c14-9-4-3-8(6-10(9)15)19-12(7-16)18-11-2-1-5-17-13(11)19/h1-6H,7,16H2. The second kappa shape index (κ2) is 4.40. The summed E-state index contributed by atoms with van der Waals surface area (Å²) in [6.45, 7) is 0.176. The predicted octanol–water partition coefficient (Wildman–Crippen LogP) is 2.16. The fraction of sp³-hybridized carbons (Fsp3) is 0.0769. The molecule has 0 unspecified atom stereocenters. The van der Waals surface area contributed by atoms with E-state index in [1.165, 1.54) is 6.07 Å². The Morgan fingerprint density at radius 2 is 2.00 bits per heavy atom. The normalized spacial score (nSPS) is 11.1. The summed E-state index contributed by atoms with van der Waals surface area (Å²) in [6.07, 6.45) is 1.61. The maximum absolute atomic E-state index is 13.3. The van der Waals surface area contributed by atoms with Crippen molar-refractivity contribution < 1.29 is 8.78 Å². The highest BCUT2D eigenvalue weighted by atomic mass is 19.2. The van der Waals surface area contributed by atoms with Crippen molar-refractivity contribution in [2.75, 3.05) is 0 Å². The van der Waals surface area contributed by atoms with Crippen LogP contribution in [0.4, 0.5) is 8.78 Å². The number of hydrogen-bond donors (Lipinski definition) is 1. The van der Waals surface area contributed by atoms with Gasteiger partial charge in [0, 0.05) is 12.3 Å². The highest BCUT2D eigenvalue weighted by Crippen LogP contribution is 2.21. The predicted molar refractivity (Wildman–Crippen MR) is 66.7 cm³/mol. The molecular formula is C13H10F2N4. The topological polar surface area (TPSA) is 56.7 Å². The van der Waals surface area contributed by atoms with Gasteiger partial charge in [-0.1, -0.05) is 0 Å². The van der Waals surface area contributed by atoms with Crippen LogP contribution in [0.1, 0.15) is 5.82 Å². The van der Waals surface area contributed by atoms with Gasteiger partial charge in [0.05, 0.1) is 12.2 Å². The fourth-order valence-corrected chi connectivity index (χ4v) is 1.99. The molecule has 0 saturated heterocycles. The third kappa shape index (κ3) is 1.86. The lowest BCUT2D eigenvalue weighted by atomic mass is 10.3. The van der Waals surface area contributed by atoms with Gasteiger partial charge in [-0.3, -0.25) is 4.57 Å². The number of nitrogens with zero attached hydrogens (tertiary/aromatic N) is 3. The molecule has 0 spiro atoms. The van der Waals surface area contributed by atoms with Gasteiger partial charge in [-0.05, 0) is 24.3 Å². The molecule has 2 heterocycles. The second-order valence-electron chi connectivity index (χ2n) is 4.01. The van der Waals surface area contributed by atoms with E-state index in [1.54, 1.807) is 22.9 Å². The van der Waals surface area contributed by atoms with E-state index < -0.39 is 11.6 Å². The quantitative estimate of drug-likeness (QED) is 0.768. The minimum absolute atomic E-state index is 0.176. The molecule has 19 heavy (non-hydrogen) atoms. The molecule has 0 amide bonds. The molecule has 96 valence electrons. The van der Waals surface area contributed by atoms with Crippen molar-refractivity contribution in [3.05, 3.63) is 54.0 Å². The molecule has 1 aromatic carbocycles. The summed E-state index contributed by atoms with van der Waals surface area (Å²) in [7, 11) is 0. The third-order valence-corrected chi connectivity index (χ3v) is 2.83. The lowest BCUT2D eigenvalue weighted by Crippen LogP contribution is -2.07. The minimum Gasteiger partial charge on any atom is -0.324 e. The first-order chi connectivity index (χ1) is 9.20. The van der Waals surface area contributed by atoms with Crippen molar-refractivity contribution >= 4 is 11.2 Å². The molecule has 6 heteroatoms. The van der Waals surface area contributed by atoms with Crippen LogP contribution in [-0.2, 0) is 6.54 Å². The molecule has 4 nitrogen and oxygen atoms in total. The van der Waals surface area contributed by atoms with E-state index >= 15 is 0 Å². The summed E-state index contributed by atoms with van der Waals surface area (Å²) in [6, 6.07) is 7.18. The van der Waals surface area contributed by atoms with Crippen LogP contribution in [0.15, 0.2) is 36.5 Å². The molecule has 0 bridgehead atoms. The first-order valence-corrected chi connectivity index (χ1v) is 5.68. The van der Waals surface area contributed by atoms with E-state index in [-0.39, 0.29) is 6.54 Å². The molecule has 0 fully saturated rings. The van der Waals surface area contributed by atoms with Gasteiger partial charge in [-0.25, -0.2) is 18.7 Å². The van der Waals surface area contributed by atoms with Crippen molar-refractivity contribution in [3.8, 4) is 5.69 Å². The highest BCUT2D eigenvalue weighted by Gasteiger charge is 2.13. The maximum atomic E-state index is 13.3. The Bertz CT molecular complexity index is 751. The number of fused-ring (bicyclic) bond motifs is 1. The number of nitrogens with two attached hydrogens (primary N) is 1. The van der Waals surface area contributed by atoms with Gasteiger partial charge in [-0.15, -0.1) is 0 Å². The van der Waals surface area contributed by atoms with E-state index in [0.717, 1.165) is 12.1 Å². The van der Waals surface area contributed by atoms with Crippen LogP contribution in [0.3, 0.4) is 0 Å². The van der Waals surface area contributed by atoms with Gasteiger partial charge in [-0.2, -0.15) is 0 Å². The Morgan fingerprint density at radius 1 is 1.16 bits per heavy atom. The Hall–Kier alpha value is -2.34. The second-order valence-corrected chi connectivity index (χ2v) is 4.01. The molecule has 0 aliphatic heterocycles.